The third-order valence-electron chi connectivity index (χ3n) is 1.48. The van der Waals surface area contributed by atoms with Crippen LogP contribution in [0.3, 0.4) is 0 Å². The van der Waals surface area contributed by atoms with E-state index in [-0.39, 0.29) is 0 Å². The van der Waals surface area contributed by atoms with Crippen molar-refractivity contribution in [2.45, 2.75) is 39.0 Å². The van der Waals surface area contributed by atoms with Gasteiger partial charge in [0, 0.05) is 11.5 Å². The van der Waals surface area contributed by atoms with Gasteiger partial charge in [-0.2, -0.15) is 11.8 Å². The van der Waals surface area contributed by atoms with E-state index in [4.69, 9.17) is 0 Å². The Morgan fingerprint density at radius 2 is 1.36 bits per heavy atom. The topological polar surface area (TPSA) is 0 Å². The molecule has 0 aliphatic carbocycles. The highest BCUT2D eigenvalue weighted by Gasteiger charge is 2.06. The van der Waals surface area contributed by atoms with Crippen LogP contribution in [-0.4, -0.2) is 23.8 Å². The van der Waals surface area contributed by atoms with Gasteiger partial charge in [0.1, 0.15) is 12.3 Å². The Labute approximate surface area is 71.7 Å². The SMILES string of the molecule is CCC(F)CSCC(F)CC. The minimum absolute atomic E-state index is 0.441. The summed E-state index contributed by atoms with van der Waals surface area (Å²) in [4.78, 5) is 0. The van der Waals surface area contributed by atoms with Crippen LogP contribution in [0.5, 0.6) is 0 Å². The number of thioether (sulfide) groups is 1. The molecule has 0 saturated heterocycles. The normalized spacial score (nSPS) is 16.4. The molecule has 2 unspecified atom stereocenters. The first-order valence-corrected chi connectivity index (χ1v) is 5.22. The van der Waals surface area contributed by atoms with Crippen LogP contribution in [-0.2, 0) is 0 Å². The Bertz CT molecular complexity index is 78.2. The number of hydrogen-bond acceptors (Lipinski definition) is 1. The third kappa shape index (κ3) is 6.60. The second-order valence-electron chi connectivity index (χ2n) is 2.55. The Hall–Kier alpha value is 0.210. The zero-order chi connectivity index (χ0) is 8.69. The van der Waals surface area contributed by atoms with Gasteiger partial charge < -0.3 is 0 Å². The largest absolute Gasteiger partial charge is 0.247 e. The van der Waals surface area contributed by atoms with E-state index in [2.05, 4.69) is 0 Å². The third-order valence-corrected chi connectivity index (χ3v) is 2.68. The average molecular weight is 182 g/mol. The molecule has 0 spiro atoms. The predicted molar refractivity (Wildman–Crippen MR) is 47.7 cm³/mol. The summed E-state index contributed by atoms with van der Waals surface area (Å²) in [6, 6.07) is 0. The minimum atomic E-state index is -0.760. The molecule has 0 bridgehead atoms. The fourth-order valence-electron chi connectivity index (χ4n) is 0.559. The number of rotatable bonds is 6. The lowest BCUT2D eigenvalue weighted by Gasteiger charge is -2.06. The first-order valence-electron chi connectivity index (χ1n) is 4.06. The highest BCUT2D eigenvalue weighted by atomic mass is 32.2. The molecule has 0 aliphatic heterocycles. The molecule has 0 rings (SSSR count). The molecule has 11 heavy (non-hydrogen) atoms. The lowest BCUT2D eigenvalue weighted by molar-refractivity contribution is 0.351. The molecule has 3 heteroatoms. The molecule has 0 aliphatic rings. The molecule has 0 aromatic carbocycles. The van der Waals surface area contributed by atoms with E-state index in [9.17, 15) is 8.78 Å². The molecule has 0 fully saturated rings. The quantitative estimate of drug-likeness (QED) is 0.607. The van der Waals surface area contributed by atoms with Gasteiger partial charge in [-0.3, -0.25) is 0 Å². The van der Waals surface area contributed by atoms with Crippen molar-refractivity contribution >= 4 is 11.8 Å². The van der Waals surface area contributed by atoms with Gasteiger partial charge in [-0.05, 0) is 12.8 Å². The summed E-state index contributed by atoms with van der Waals surface area (Å²) >= 11 is 1.37. The Balaban J connectivity index is 3.13. The van der Waals surface area contributed by atoms with Crippen LogP contribution in [0.25, 0.3) is 0 Å². The average Bonchev–Trinajstić information content (AvgIpc) is 2.04. The van der Waals surface area contributed by atoms with Crippen molar-refractivity contribution in [3.05, 3.63) is 0 Å². The second-order valence-corrected chi connectivity index (χ2v) is 3.62. The van der Waals surface area contributed by atoms with Crippen LogP contribution >= 0.6 is 11.8 Å². The molecule has 0 saturated carbocycles. The van der Waals surface area contributed by atoms with Gasteiger partial charge in [0.15, 0.2) is 0 Å². The smallest absolute Gasteiger partial charge is 0.109 e. The van der Waals surface area contributed by atoms with Crippen molar-refractivity contribution in [2.24, 2.45) is 0 Å². The lowest BCUT2D eigenvalue weighted by atomic mass is 10.3. The van der Waals surface area contributed by atoms with Crippen molar-refractivity contribution in [1.82, 2.24) is 0 Å². The number of alkyl halides is 2. The first kappa shape index (κ1) is 11.2. The molecule has 68 valence electrons. The van der Waals surface area contributed by atoms with Crippen LogP contribution < -0.4 is 0 Å². The van der Waals surface area contributed by atoms with E-state index in [1.54, 1.807) is 13.8 Å². The van der Waals surface area contributed by atoms with Crippen LogP contribution in [0.2, 0.25) is 0 Å². The summed E-state index contributed by atoms with van der Waals surface area (Å²) < 4.78 is 25.1. The van der Waals surface area contributed by atoms with Crippen LogP contribution in [0.1, 0.15) is 26.7 Å². The maximum Gasteiger partial charge on any atom is 0.109 e. The van der Waals surface area contributed by atoms with Gasteiger partial charge in [-0.1, -0.05) is 13.8 Å². The van der Waals surface area contributed by atoms with Crippen LogP contribution in [0.15, 0.2) is 0 Å². The van der Waals surface area contributed by atoms with Gasteiger partial charge >= 0.3 is 0 Å². The molecule has 0 heterocycles. The molecule has 0 amide bonds. The maximum absolute atomic E-state index is 12.5. The van der Waals surface area contributed by atoms with Gasteiger partial charge in [-0.15, -0.1) is 0 Å². The Morgan fingerprint density at radius 3 is 1.64 bits per heavy atom. The molecule has 0 aromatic heterocycles. The van der Waals surface area contributed by atoms with Crippen LogP contribution in [0.4, 0.5) is 8.78 Å². The molecule has 0 radical (unpaired) electrons. The minimum Gasteiger partial charge on any atom is -0.247 e. The van der Waals surface area contributed by atoms with E-state index in [0.717, 1.165) is 0 Å². The van der Waals surface area contributed by atoms with Gasteiger partial charge in [0.25, 0.3) is 0 Å². The second kappa shape index (κ2) is 6.89. The van der Waals surface area contributed by atoms with E-state index < -0.39 is 12.3 Å². The summed E-state index contributed by atoms with van der Waals surface area (Å²) in [7, 11) is 0. The van der Waals surface area contributed by atoms with Gasteiger partial charge in [-0.25, -0.2) is 8.78 Å². The number of halogens is 2. The van der Waals surface area contributed by atoms with Gasteiger partial charge in [0.05, 0.1) is 0 Å². The summed E-state index contributed by atoms with van der Waals surface area (Å²) in [6.45, 7) is 3.61. The van der Waals surface area contributed by atoms with E-state index >= 15 is 0 Å². The van der Waals surface area contributed by atoms with Gasteiger partial charge in [0.2, 0.25) is 0 Å². The van der Waals surface area contributed by atoms with Crippen molar-refractivity contribution in [1.29, 1.82) is 0 Å². The van der Waals surface area contributed by atoms with E-state index in [1.165, 1.54) is 11.8 Å². The van der Waals surface area contributed by atoms with Crippen molar-refractivity contribution in [2.75, 3.05) is 11.5 Å². The van der Waals surface area contributed by atoms with Crippen molar-refractivity contribution in [3.63, 3.8) is 0 Å². The molecular weight excluding hydrogens is 166 g/mol. The summed E-state index contributed by atoms with van der Waals surface area (Å²) in [5, 5.41) is 0. The van der Waals surface area contributed by atoms with E-state index in [0.29, 0.717) is 24.3 Å². The Kier molecular flexibility index (Phi) is 7.02. The lowest BCUT2D eigenvalue weighted by Crippen LogP contribution is -2.06. The first-order chi connectivity index (χ1) is 5.20. The fraction of sp³-hybridized carbons (Fsp3) is 1.00. The molecule has 0 aromatic rings. The van der Waals surface area contributed by atoms with Crippen molar-refractivity contribution in [3.8, 4) is 0 Å². The molecule has 0 N–H and O–H groups in total. The van der Waals surface area contributed by atoms with Crippen LogP contribution in [0, 0.1) is 0 Å². The summed E-state index contributed by atoms with van der Waals surface area (Å²) in [5.41, 5.74) is 0. The number of hydrogen-bond donors (Lipinski definition) is 0. The zero-order valence-electron chi connectivity index (χ0n) is 7.15. The monoisotopic (exact) mass is 182 g/mol. The standard InChI is InChI=1S/C8H16F2S/c1-3-7(9)5-11-6-8(10)4-2/h7-8H,3-6H2,1-2H3. The van der Waals surface area contributed by atoms with Crippen molar-refractivity contribution < 1.29 is 8.78 Å². The highest BCUT2D eigenvalue weighted by Crippen LogP contribution is 2.12. The van der Waals surface area contributed by atoms with E-state index in [1.807, 2.05) is 0 Å². The fourth-order valence-corrected chi connectivity index (χ4v) is 1.68. The Morgan fingerprint density at radius 1 is 1.00 bits per heavy atom. The molecular formula is C8H16F2S. The maximum atomic E-state index is 12.5. The predicted octanol–water partition coefficient (Wildman–Crippen LogP) is 3.22. The summed E-state index contributed by atoms with van der Waals surface area (Å²) in [6.07, 6.45) is -0.445. The molecule has 0 nitrogen and oxygen atoms in total. The highest BCUT2D eigenvalue weighted by molar-refractivity contribution is 7.99. The summed E-state index contributed by atoms with van der Waals surface area (Å²) in [5.74, 6) is 0.883. The molecule has 2 atom stereocenters. The zero-order valence-corrected chi connectivity index (χ0v) is 7.96.